The van der Waals surface area contributed by atoms with Crippen LogP contribution in [0.4, 0.5) is 0 Å². The first-order valence-electron chi connectivity index (χ1n) is 6.75. The van der Waals surface area contributed by atoms with Crippen LogP contribution in [0, 0.1) is 0 Å². The Kier molecular flexibility index (Phi) is 3.51. The molecular weight excluding hydrogens is 266 g/mol. The average molecular weight is 283 g/mol. The summed E-state index contributed by atoms with van der Waals surface area (Å²) >= 11 is 1.65. The highest BCUT2D eigenvalue weighted by molar-refractivity contribution is 7.15. The van der Waals surface area contributed by atoms with Crippen LogP contribution in [0.25, 0.3) is 21.6 Å². The highest BCUT2D eigenvalue weighted by atomic mass is 32.1. The van der Waals surface area contributed by atoms with E-state index in [1.54, 1.807) is 11.3 Å². The Labute approximate surface area is 122 Å². The van der Waals surface area contributed by atoms with E-state index < -0.39 is 0 Å². The van der Waals surface area contributed by atoms with E-state index in [0.29, 0.717) is 12.5 Å². The minimum atomic E-state index is 0.388. The lowest BCUT2D eigenvalue weighted by atomic mass is 10.1. The number of nitrogens with zero attached hydrogens (tertiary/aromatic N) is 2. The molecule has 1 aromatic carbocycles. The molecule has 3 aromatic rings. The molecule has 0 saturated carbocycles. The molecule has 0 spiro atoms. The van der Waals surface area contributed by atoms with E-state index in [9.17, 15) is 0 Å². The topological polar surface area (TPSA) is 51.8 Å². The monoisotopic (exact) mass is 283 g/mol. The Balaban J connectivity index is 2.10. The van der Waals surface area contributed by atoms with Crippen molar-refractivity contribution in [2.45, 2.75) is 26.3 Å². The summed E-state index contributed by atoms with van der Waals surface area (Å²) in [5, 5.41) is 2.11. The smallest absolute Gasteiger partial charge is 0.142 e. The summed E-state index contributed by atoms with van der Waals surface area (Å²) in [6.07, 6.45) is 0. The molecule has 3 nitrogen and oxygen atoms in total. The summed E-state index contributed by atoms with van der Waals surface area (Å²) in [7, 11) is 0. The fraction of sp³-hybridized carbons (Fsp3) is 0.250. The van der Waals surface area contributed by atoms with Crippen LogP contribution < -0.4 is 5.73 Å². The number of hydrogen-bond donors (Lipinski definition) is 1. The summed E-state index contributed by atoms with van der Waals surface area (Å²) < 4.78 is 0. The van der Waals surface area contributed by atoms with Gasteiger partial charge in [-0.2, -0.15) is 0 Å². The van der Waals surface area contributed by atoms with E-state index in [4.69, 9.17) is 15.7 Å². The second kappa shape index (κ2) is 5.31. The molecule has 3 rings (SSSR count). The highest BCUT2D eigenvalue weighted by Gasteiger charge is 2.15. The van der Waals surface area contributed by atoms with Crippen LogP contribution in [-0.4, -0.2) is 9.97 Å². The zero-order valence-corrected chi connectivity index (χ0v) is 12.4. The summed E-state index contributed by atoms with van der Waals surface area (Å²) in [6, 6.07) is 12.3. The Hall–Kier alpha value is -1.78. The van der Waals surface area contributed by atoms with E-state index in [0.717, 1.165) is 32.2 Å². The molecule has 0 aliphatic carbocycles. The van der Waals surface area contributed by atoms with Crippen molar-refractivity contribution in [2.75, 3.05) is 0 Å². The Morgan fingerprint density at radius 3 is 2.60 bits per heavy atom. The number of rotatable bonds is 3. The third-order valence-corrected chi connectivity index (χ3v) is 4.39. The summed E-state index contributed by atoms with van der Waals surface area (Å²) in [5.74, 6) is 0.388. The molecule has 2 N–H and O–H groups in total. The molecule has 102 valence electrons. The maximum absolute atomic E-state index is 5.82. The molecule has 0 unspecified atom stereocenters. The van der Waals surface area contributed by atoms with Gasteiger partial charge in [-0.3, -0.25) is 0 Å². The second-order valence-corrected chi connectivity index (χ2v) is 6.16. The maximum Gasteiger partial charge on any atom is 0.142 e. The van der Waals surface area contributed by atoms with Crippen molar-refractivity contribution < 1.29 is 0 Å². The molecule has 0 amide bonds. The van der Waals surface area contributed by atoms with Gasteiger partial charge in [-0.15, -0.1) is 11.3 Å². The van der Waals surface area contributed by atoms with Crippen molar-refractivity contribution in [3.63, 3.8) is 0 Å². The molecule has 0 fully saturated rings. The van der Waals surface area contributed by atoms with Crippen molar-refractivity contribution in [2.24, 2.45) is 5.73 Å². The van der Waals surface area contributed by atoms with Gasteiger partial charge in [0.05, 0.1) is 16.9 Å². The lowest BCUT2D eigenvalue weighted by Gasteiger charge is -2.02. The van der Waals surface area contributed by atoms with Crippen LogP contribution in [0.3, 0.4) is 0 Å². The van der Waals surface area contributed by atoms with Gasteiger partial charge in [0.15, 0.2) is 0 Å². The van der Waals surface area contributed by atoms with E-state index in [1.165, 1.54) is 0 Å². The normalized spacial score (nSPS) is 11.4. The maximum atomic E-state index is 5.82. The Morgan fingerprint density at radius 2 is 1.90 bits per heavy atom. The first-order valence-corrected chi connectivity index (χ1v) is 7.56. The zero-order valence-electron chi connectivity index (χ0n) is 11.6. The number of para-hydroxylation sites is 1. The van der Waals surface area contributed by atoms with Gasteiger partial charge < -0.3 is 5.73 Å². The zero-order chi connectivity index (χ0) is 14.1. The number of nitrogens with two attached hydrogens (primary N) is 1. The minimum Gasteiger partial charge on any atom is -0.326 e. The lowest BCUT2D eigenvalue weighted by Crippen LogP contribution is -1.99. The molecule has 0 aliphatic rings. The third-order valence-electron chi connectivity index (χ3n) is 3.28. The fourth-order valence-corrected chi connectivity index (χ4v) is 3.32. The van der Waals surface area contributed by atoms with Crippen LogP contribution in [0.1, 0.15) is 30.3 Å². The molecule has 0 aliphatic heterocycles. The standard InChI is InChI=1S/C16H17N3S/c1-10(2)15-14(9-17)20-16(19-15)13-8-7-11-5-3-4-6-12(11)18-13/h3-8,10H,9,17H2,1-2H3. The van der Waals surface area contributed by atoms with Crippen molar-refractivity contribution in [3.05, 3.63) is 47.0 Å². The molecule has 0 saturated heterocycles. The molecule has 20 heavy (non-hydrogen) atoms. The van der Waals surface area contributed by atoms with E-state index >= 15 is 0 Å². The Bertz CT molecular complexity index is 746. The van der Waals surface area contributed by atoms with Gasteiger partial charge in [0.1, 0.15) is 5.01 Å². The van der Waals surface area contributed by atoms with Crippen LogP contribution in [-0.2, 0) is 6.54 Å². The van der Waals surface area contributed by atoms with Gasteiger partial charge in [-0.05, 0) is 18.1 Å². The highest BCUT2D eigenvalue weighted by Crippen LogP contribution is 2.31. The SMILES string of the molecule is CC(C)c1nc(-c2ccc3ccccc3n2)sc1CN. The van der Waals surface area contributed by atoms with Gasteiger partial charge in [0.2, 0.25) is 0 Å². The lowest BCUT2D eigenvalue weighted by molar-refractivity contribution is 0.813. The summed E-state index contributed by atoms with van der Waals surface area (Å²) in [4.78, 5) is 10.6. The summed E-state index contributed by atoms with van der Waals surface area (Å²) in [6.45, 7) is 4.83. The van der Waals surface area contributed by atoms with Gasteiger partial charge >= 0.3 is 0 Å². The number of fused-ring (bicyclic) bond motifs is 1. The molecule has 0 atom stereocenters. The number of pyridine rings is 1. The van der Waals surface area contributed by atoms with Crippen LogP contribution in [0.15, 0.2) is 36.4 Å². The largest absolute Gasteiger partial charge is 0.326 e. The fourth-order valence-electron chi connectivity index (χ4n) is 2.26. The van der Waals surface area contributed by atoms with E-state index in [-0.39, 0.29) is 0 Å². The van der Waals surface area contributed by atoms with Gasteiger partial charge in [-0.25, -0.2) is 9.97 Å². The number of aromatic nitrogens is 2. The van der Waals surface area contributed by atoms with Gasteiger partial charge in [0.25, 0.3) is 0 Å². The van der Waals surface area contributed by atoms with Crippen LogP contribution in [0.5, 0.6) is 0 Å². The third kappa shape index (κ3) is 2.32. The Morgan fingerprint density at radius 1 is 1.10 bits per heavy atom. The second-order valence-electron chi connectivity index (χ2n) is 5.08. The van der Waals surface area contributed by atoms with Crippen molar-refractivity contribution >= 4 is 22.2 Å². The van der Waals surface area contributed by atoms with Gasteiger partial charge in [0, 0.05) is 16.8 Å². The average Bonchev–Trinajstić information content (AvgIpc) is 2.91. The molecule has 0 bridgehead atoms. The quantitative estimate of drug-likeness (QED) is 0.792. The first kappa shape index (κ1) is 13.2. The predicted molar refractivity (Wildman–Crippen MR) is 84.8 cm³/mol. The molecular formula is C16H17N3S. The van der Waals surface area contributed by atoms with Crippen molar-refractivity contribution in [3.8, 4) is 10.7 Å². The van der Waals surface area contributed by atoms with Crippen LogP contribution in [0.2, 0.25) is 0 Å². The van der Waals surface area contributed by atoms with Crippen LogP contribution >= 0.6 is 11.3 Å². The molecule has 2 heterocycles. The molecule has 2 aromatic heterocycles. The number of benzene rings is 1. The number of thiazole rings is 1. The predicted octanol–water partition coefficient (Wildman–Crippen LogP) is 3.94. The van der Waals surface area contributed by atoms with Crippen molar-refractivity contribution in [1.29, 1.82) is 0 Å². The number of hydrogen-bond acceptors (Lipinski definition) is 4. The summed E-state index contributed by atoms with van der Waals surface area (Å²) in [5.41, 5.74) is 8.85. The van der Waals surface area contributed by atoms with E-state index in [1.807, 2.05) is 24.3 Å². The molecule has 0 radical (unpaired) electrons. The molecule has 4 heteroatoms. The van der Waals surface area contributed by atoms with Gasteiger partial charge in [-0.1, -0.05) is 38.1 Å². The minimum absolute atomic E-state index is 0.388. The first-order chi connectivity index (χ1) is 9.69. The van der Waals surface area contributed by atoms with E-state index in [2.05, 4.69) is 26.0 Å². The van der Waals surface area contributed by atoms with Crippen molar-refractivity contribution in [1.82, 2.24) is 9.97 Å².